The van der Waals surface area contributed by atoms with E-state index in [1.54, 1.807) is 18.2 Å². The molecule has 0 aliphatic carbocycles. The van der Waals surface area contributed by atoms with Crippen molar-refractivity contribution in [3.8, 4) is 0 Å². The van der Waals surface area contributed by atoms with E-state index in [1.807, 2.05) is 26.0 Å². The summed E-state index contributed by atoms with van der Waals surface area (Å²) >= 11 is 0. The zero-order chi connectivity index (χ0) is 27.0. The average molecular weight is 530 g/mol. The first-order chi connectivity index (χ1) is 18.3. The molecule has 2 aliphatic heterocycles. The molecular formula is C27H34F3N7O. The van der Waals surface area contributed by atoms with Gasteiger partial charge in [-0.15, -0.1) is 0 Å². The van der Waals surface area contributed by atoms with Crippen molar-refractivity contribution in [3.05, 3.63) is 65.1 Å². The number of nitrogens with one attached hydrogen (secondary N) is 3. The molecule has 2 aromatic rings. The number of aromatic nitrogens is 2. The van der Waals surface area contributed by atoms with Crippen LogP contribution in [0.1, 0.15) is 36.6 Å². The third-order valence-corrected chi connectivity index (χ3v) is 6.30. The van der Waals surface area contributed by atoms with Crippen molar-refractivity contribution < 1.29 is 17.9 Å². The van der Waals surface area contributed by atoms with E-state index in [9.17, 15) is 13.2 Å². The van der Waals surface area contributed by atoms with Gasteiger partial charge in [-0.05, 0) is 56.2 Å². The number of H-pyrrole nitrogens is 1. The van der Waals surface area contributed by atoms with Crippen LogP contribution in [0, 0.1) is 12.8 Å². The molecular weight excluding hydrogens is 495 g/mol. The molecule has 1 atom stereocenters. The molecule has 2 aliphatic rings. The number of rotatable bonds is 8. The summed E-state index contributed by atoms with van der Waals surface area (Å²) in [6.45, 7) is 9.17. The van der Waals surface area contributed by atoms with Gasteiger partial charge >= 0.3 is 6.18 Å². The average Bonchev–Trinajstić information content (AvgIpc) is 3.30. The molecule has 3 N–H and O–H groups in total. The normalized spacial score (nSPS) is 23.5. The lowest BCUT2D eigenvalue weighted by Gasteiger charge is -2.26. The van der Waals surface area contributed by atoms with E-state index in [0.29, 0.717) is 29.5 Å². The Hall–Kier alpha value is -3.44. The van der Waals surface area contributed by atoms with E-state index in [2.05, 4.69) is 25.7 Å². The highest BCUT2D eigenvalue weighted by Gasteiger charge is 2.30. The summed E-state index contributed by atoms with van der Waals surface area (Å²) in [5.41, 5.74) is 1.35. The highest BCUT2D eigenvalue weighted by molar-refractivity contribution is 6.09. The summed E-state index contributed by atoms with van der Waals surface area (Å²) in [7, 11) is 0. The lowest BCUT2D eigenvalue weighted by atomic mass is 9.99. The van der Waals surface area contributed by atoms with Crippen molar-refractivity contribution in [3.63, 3.8) is 0 Å². The fraction of sp³-hybridized carbons (Fsp3) is 0.444. The summed E-state index contributed by atoms with van der Waals surface area (Å²) in [5.74, 6) is 1.65. The van der Waals surface area contributed by atoms with Gasteiger partial charge in [0.05, 0.1) is 18.8 Å². The van der Waals surface area contributed by atoms with Gasteiger partial charge < -0.3 is 15.4 Å². The largest absolute Gasteiger partial charge is 0.416 e. The van der Waals surface area contributed by atoms with Gasteiger partial charge in [0.15, 0.2) is 5.82 Å². The van der Waals surface area contributed by atoms with Gasteiger partial charge in [-0.25, -0.2) is 4.99 Å². The number of hydrogen-bond acceptors (Lipinski definition) is 7. The molecule has 38 heavy (non-hydrogen) atoms. The van der Waals surface area contributed by atoms with Gasteiger partial charge in [-0.1, -0.05) is 25.1 Å². The topological polar surface area (TPSA) is 89.9 Å². The quantitative estimate of drug-likeness (QED) is 0.426. The maximum Gasteiger partial charge on any atom is 0.416 e. The van der Waals surface area contributed by atoms with Crippen LogP contribution in [0.15, 0.2) is 58.3 Å². The van der Waals surface area contributed by atoms with E-state index in [-0.39, 0.29) is 5.92 Å². The summed E-state index contributed by atoms with van der Waals surface area (Å²) in [6, 6.07) is 7.08. The molecule has 0 amide bonds. The number of guanidine groups is 1. The van der Waals surface area contributed by atoms with Crippen LogP contribution >= 0.6 is 0 Å². The van der Waals surface area contributed by atoms with Crippen LogP contribution < -0.4 is 10.6 Å². The van der Waals surface area contributed by atoms with Crippen molar-refractivity contribution in [2.45, 2.75) is 32.9 Å². The lowest BCUT2D eigenvalue weighted by Crippen LogP contribution is -2.37. The molecule has 0 radical (unpaired) electrons. The molecule has 8 nitrogen and oxygen atoms in total. The predicted molar refractivity (Wildman–Crippen MR) is 144 cm³/mol. The SMILES string of the molecule is Cc1cc(NC2=N/C(NCCCN3CCOCC3)=C/CC(C)C(/C=C/c3cccc(C(F)(F)F)c3)=N\2)n[nH]1. The maximum absolute atomic E-state index is 13.1. The number of aliphatic imine (C=N–C) groups is 2. The van der Waals surface area contributed by atoms with Crippen molar-refractivity contribution in [2.24, 2.45) is 15.9 Å². The van der Waals surface area contributed by atoms with Gasteiger partial charge in [-0.3, -0.25) is 10.00 Å². The third kappa shape index (κ3) is 8.29. The van der Waals surface area contributed by atoms with Crippen molar-refractivity contribution in [1.82, 2.24) is 20.4 Å². The highest BCUT2D eigenvalue weighted by Crippen LogP contribution is 2.29. The third-order valence-electron chi connectivity index (χ3n) is 6.30. The maximum atomic E-state index is 13.1. The molecule has 1 aromatic carbocycles. The Morgan fingerprint density at radius 1 is 1.16 bits per heavy atom. The number of benzene rings is 1. The molecule has 1 saturated heterocycles. The summed E-state index contributed by atoms with van der Waals surface area (Å²) in [5, 5.41) is 13.7. The molecule has 204 valence electrons. The number of aryl methyl sites for hydroxylation is 1. The van der Waals surface area contributed by atoms with Crippen LogP contribution in [0.25, 0.3) is 6.08 Å². The Balaban J connectivity index is 1.50. The minimum absolute atomic E-state index is 0.00965. The zero-order valence-electron chi connectivity index (χ0n) is 21.7. The number of nitrogens with zero attached hydrogens (tertiary/aromatic N) is 4. The number of allylic oxidation sites excluding steroid dienone is 2. The highest BCUT2D eigenvalue weighted by atomic mass is 19.4. The van der Waals surface area contributed by atoms with Gasteiger partial charge in [-0.2, -0.15) is 23.3 Å². The van der Waals surface area contributed by atoms with Gasteiger partial charge in [0.25, 0.3) is 0 Å². The van der Waals surface area contributed by atoms with Gasteiger partial charge in [0, 0.05) is 43.0 Å². The van der Waals surface area contributed by atoms with Crippen LogP contribution in [0.4, 0.5) is 19.0 Å². The summed E-state index contributed by atoms with van der Waals surface area (Å²) in [6.07, 6.45) is 2.69. The molecule has 0 bridgehead atoms. The van der Waals surface area contributed by atoms with E-state index in [1.165, 1.54) is 6.07 Å². The standard InChI is InChI=1S/C27H34F3N7O/c1-19-7-10-24(31-11-4-12-37-13-15-38-16-14-37)33-26(34-25-17-20(2)35-36-25)32-23(19)9-8-21-5-3-6-22(18-21)27(28,29)30/h3,5-6,8-10,17-19,31H,4,7,11-16H2,1-2H3,(H2,33,34,35,36)/b9-8+,24-10+,32-23-. The van der Waals surface area contributed by atoms with Crippen LogP contribution in [-0.2, 0) is 10.9 Å². The number of anilines is 1. The minimum Gasteiger partial charge on any atom is -0.379 e. The molecule has 1 fully saturated rings. The van der Waals surface area contributed by atoms with Crippen molar-refractivity contribution in [1.29, 1.82) is 0 Å². The summed E-state index contributed by atoms with van der Waals surface area (Å²) < 4.78 is 44.8. The second-order valence-electron chi connectivity index (χ2n) is 9.45. The Bertz CT molecular complexity index is 1190. The first-order valence-electron chi connectivity index (χ1n) is 12.8. The fourth-order valence-corrected chi connectivity index (χ4v) is 4.14. The van der Waals surface area contributed by atoms with Gasteiger partial charge in [0.2, 0.25) is 5.96 Å². The fourth-order valence-electron chi connectivity index (χ4n) is 4.14. The van der Waals surface area contributed by atoms with E-state index in [0.717, 1.165) is 69.5 Å². The van der Waals surface area contributed by atoms with Crippen molar-refractivity contribution in [2.75, 3.05) is 44.7 Å². The molecule has 0 saturated carbocycles. The number of alkyl halides is 3. The van der Waals surface area contributed by atoms with E-state index < -0.39 is 11.7 Å². The summed E-state index contributed by atoms with van der Waals surface area (Å²) in [4.78, 5) is 11.8. The number of ether oxygens (including phenoxy) is 1. The molecule has 1 aromatic heterocycles. The van der Waals surface area contributed by atoms with Gasteiger partial charge in [0.1, 0.15) is 5.82 Å². The van der Waals surface area contributed by atoms with Crippen LogP contribution in [0.5, 0.6) is 0 Å². The van der Waals surface area contributed by atoms with E-state index in [4.69, 9.17) is 14.7 Å². The molecule has 4 rings (SSSR count). The monoisotopic (exact) mass is 529 g/mol. The smallest absolute Gasteiger partial charge is 0.379 e. The Morgan fingerprint density at radius 2 is 1.97 bits per heavy atom. The molecule has 1 unspecified atom stereocenters. The van der Waals surface area contributed by atoms with Crippen LogP contribution in [0.2, 0.25) is 0 Å². The second-order valence-corrected chi connectivity index (χ2v) is 9.45. The molecule has 3 heterocycles. The van der Waals surface area contributed by atoms with Crippen LogP contribution in [0.3, 0.4) is 0 Å². The lowest BCUT2D eigenvalue weighted by molar-refractivity contribution is -0.137. The first-order valence-corrected chi connectivity index (χ1v) is 12.8. The Morgan fingerprint density at radius 3 is 2.71 bits per heavy atom. The number of halogens is 3. The Labute approximate surface area is 220 Å². The zero-order valence-corrected chi connectivity index (χ0v) is 21.7. The van der Waals surface area contributed by atoms with Crippen molar-refractivity contribution >= 4 is 23.6 Å². The number of aromatic amines is 1. The molecule has 11 heteroatoms. The minimum atomic E-state index is -4.39. The Kier molecular flexibility index (Phi) is 9.35. The first kappa shape index (κ1) is 27.6. The molecule has 0 spiro atoms. The van der Waals surface area contributed by atoms with E-state index >= 15 is 0 Å². The predicted octanol–water partition coefficient (Wildman–Crippen LogP) is 4.85. The number of hydrogen-bond donors (Lipinski definition) is 3. The second kappa shape index (κ2) is 12.9. The van der Waals surface area contributed by atoms with Crippen LogP contribution in [-0.4, -0.2) is 66.2 Å². The number of morpholine rings is 1.